The summed E-state index contributed by atoms with van der Waals surface area (Å²) in [4.78, 5) is 36.4. The van der Waals surface area contributed by atoms with Crippen LogP contribution >= 0.6 is 0 Å². The van der Waals surface area contributed by atoms with E-state index in [9.17, 15) is 22.8 Å². The molecule has 1 saturated heterocycles. The van der Waals surface area contributed by atoms with Gasteiger partial charge in [-0.3, -0.25) is 4.79 Å². The Morgan fingerprint density at radius 3 is 2.57 bits per heavy atom. The van der Waals surface area contributed by atoms with E-state index in [-0.39, 0.29) is 54.6 Å². The first-order valence-corrected chi connectivity index (χ1v) is 13.6. The molecular weight excluding hydrogens is 579 g/mol. The lowest BCUT2D eigenvalue weighted by molar-refractivity contribution is -0.137. The highest BCUT2D eigenvalue weighted by atomic mass is 19.4. The van der Waals surface area contributed by atoms with Crippen LogP contribution in [0.25, 0.3) is 27.9 Å². The zero-order valence-electron chi connectivity index (χ0n) is 23.3. The second-order valence-corrected chi connectivity index (χ2v) is 10.0. The molecule has 5 aromatic rings. The number of fused-ring (bicyclic) bond motifs is 3. The van der Waals surface area contributed by atoms with Gasteiger partial charge in [0.1, 0.15) is 18.4 Å². The van der Waals surface area contributed by atoms with Gasteiger partial charge in [-0.1, -0.05) is 30.3 Å². The van der Waals surface area contributed by atoms with E-state index in [1.54, 1.807) is 24.3 Å². The van der Waals surface area contributed by atoms with Gasteiger partial charge in [-0.05, 0) is 48.0 Å². The third kappa shape index (κ3) is 5.91. The van der Waals surface area contributed by atoms with Crippen LogP contribution in [0.2, 0.25) is 0 Å². The van der Waals surface area contributed by atoms with Crippen molar-refractivity contribution < 1.29 is 32.2 Å². The molecule has 3 heterocycles. The molecule has 1 aliphatic rings. The van der Waals surface area contributed by atoms with E-state index in [1.807, 2.05) is 30.3 Å². The molecule has 0 spiro atoms. The largest absolute Gasteiger partial charge is 0.497 e. The molecule has 226 valence electrons. The van der Waals surface area contributed by atoms with E-state index in [1.165, 1.54) is 22.6 Å². The number of alkyl halides is 3. The number of nitrogens with one attached hydrogen (secondary N) is 2. The van der Waals surface area contributed by atoms with Crippen LogP contribution in [0.15, 0.2) is 72.8 Å². The molecular formula is C30H26F3N7O4. The summed E-state index contributed by atoms with van der Waals surface area (Å²) in [7, 11) is 1.53. The van der Waals surface area contributed by atoms with Crippen molar-refractivity contribution in [2.45, 2.75) is 18.8 Å². The molecule has 2 amide bonds. The highest BCUT2D eigenvalue weighted by Gasteiger charge is 2.32. The number of hydrogen-bond donors (Lipinski definition) is 2. The van der Waals surface area contributed by atoms with Crippen LogP contribution in [0, 0.1) is 0 Å². The molecule has 0 unspecified atom stereocenters. The van der Waals surface area contributed by atoms with Crippen molar-refractivity contribution in [3.8, 4) is 17.1 Å². The zero-order valence-corrected chi connectivity index (χ0v) is 23.3. The minimum Gasteiger partial charge on any atom is -0.497 e. The summed E-state index contributed by atoms with van der Waals surface area (Å²) in [6, 6.07) is 18.2. The molecule has 0 saturated carbocycles. The van der Waals surface area contributed by atoms with Gasteiger partial charge in [0.15, 0.2) is 11.5 Å². The Kier molecular flexibility index (Phi) is 7.64. The van der Waals surface area contributed by atoms with Gasteiger partial charge in [-0.2, -0.15) is 17.7 Å². The topological polar surface area (TPSA) is 123 Å². The number of amides is 2. The van der Waals surface area contributed by atoms with E-state index in [4.69, 9.17) is 9.47 Å². The zero-order chi connectivity index (χ0) is 30.8. The van der Waals surface area contributed by atoms with Crippen molar-refractivity contribution in [2.75, 3.05) is 32.1 Å². The molecule has 1 aliphatic heterocycles. The highest BCUT2D eigenvalue weighted by molar-refractivity contribution is 5.94. The van der Waals surface area contributed by atoms with Crippen molar-refractivity contribution in [3.05, 3.63) is 83.9 Å². The van der Waals surface area contributed by atoms with Gasteiger partial charge in [0.25, 0.3) is 0 Å². The van der Waals surface area contributed by atoms with Crippen molar-refractivity contribution >= 4 is 34.5 Å². The molecule has 44 heavy (non-hydrogen) atoms. The van der Waals surface area contributed by atoms with Crippen LogP contribution in [-0.4, -0.2) is 69.3 Å². The van der Waals surface area contributed by atoms with E-state index >= 15 is 0 Å². The van der Waals surface area contributed by atoms with Gasteiger partial charge in [0.05, 0.1) is 24.7 Å². The number of hydrogen-bond acceptors (Lipinski definition) is 8. The first kappa shape index (κ1) is 28.7. The molecule has 6 rings (SSSR count). The molecule has 0 bridgehead atoms. The minimum absolute atomic E-state index is 0.0548. The quantitative estimate of drug-likeness (QED) is 0.290. The Labute approximate surface area is 248 Å². The smallest absolute Gasteiger partial charge is 0.416 e. The number of carbonyl (C=O) groups excluding carboxylic acids is 2. The molecule has 1 fully saturated rings. The second kappa shape index (κ2) is 11.7. The summed E-state index contributed by atoms with van der Waals surface area (Å²) in [5, 5.41) is 10.5. The van der Waals surface area contributed by atoms with Crippen LogP contribution in [0.4, 0.5) is 23.9 Å². The Morgan fingerprint density at radius 1 is 1.07 bits per heavy atom. The molecule has 3 aromatic carbocycles. The van der Waals surface area contributed by atoms with E-state index in [2.05, 4.69) is 25.7 Å². The molecule has 14 heteroatoms. The van der Waals surface area contributed by atoms with Gasteiger partial charge in [-0.15, -0.1) is 5.10 Å². The predicted molar refractivity (Wildman–Crippen MR) is 154 cm³/mol. The summed E-state index contributed by atoms with van der Waals surface area (Å²) < 4.78 is 52.8. The molecule has 11 nitrogen and oxygen atoms in total. The number of aromatic nitrogens is 4. The summed E-state index contributed by atoms with van der Waals surface area (Å²) in [6.07, 6.45) is -5.19. The summed E-state index contributed by atoms with van der Waals surface area (Å²) in [5.41, 5.74) is 0.837. The number of anilines is 1. The summed E-state index contributed by atoms with van der Waals surface area (Å²) in [5.74, 6) is 0.479. The van der Waals surface area contributed by atoms with Crippen molar-refractivity contribution in [1.82, 2.24) is 29.8 Å². The van der Waals surface area contributed by atoms with E-state index < -0.39 is 29.8 Å². The van der Waals surface area contributed by atoms with Gasteiger partial charge in [0.2, 0.25) is 11.9 Å². The number of ether oxygens (including phenoxy) is 2. The lowest BCUT2D eigenvalue weighted by Gasteiger charge is -2.23. The van der Waals surface area contributed by atoms with Crippen LogP contribution in [0.5, 0.6) is 5.75 Å². The number of carbonyl (C=O) groups is 2. The number of benzene rings is 3. The first-order chi connectivity index (χ1) is 21.2. The van der Waals surface area contributed by atoms with E-state index in [0.29, 0.717) is 11.3 Å². The van der Waals surface area contributed by atoms with Crippen LogP contribution in [0.1, 0.15) is 11.1 Å². The molecule has 1 atom stereocenters. The van der Waals surface area contributed by atoms with Gasteiger partial charge >= 0.3 is 12.3 Å². The SMILES string of the molecule is COc1ccc(-c2nc3c4cc(C(F)(F)F)ccc4nc(N[C@@H]4CN(C(=O)OCc5ccccc5)CCNC4=O)n3n2)cc1. The fourth-order valence-corrected chi connectivity index (χ4v) is 4.82. The lowest BCUT2D eigenvalue weighted by Crippen LogP contribution is -2.44. The fraction of sp³-hybridized carbons (Fsp3) is 0.233. The standard InChI is InChI=1S/C30H26F3N7O4/c1-43-21-10-7-19(8-11-21)25-37-26-22-15-20(30(31,32)33)9-12-23(22)35-28(40(26)38-25)36-24-16-39(14-13-34-27(24)41)29(42)44-17-18-5-3-2-4-6-18/h2-12,15,24H,13-14,16-17H2,1H3,(H,34,41)(H,35,36)/t24-/m1/s1. The molecule has 2 N–H and O–H groups in total. The molecule has 0 radical (unpaired) electrons. The first-order valence-electron chi connectivity index (χ1n) is 13.6. The Balaban J connectivity index is 1.35. The normalized spacial score (nSPS) is 15.6. The maximum Gasteiger partial charge on any atom is 0.416 e. The van der Waals surface area contributed by atoms with Crippen LogP contribution in [0.3, 0.4) is 0 Å². The Morgan fingerprint density at radius 2 is 1.84 bits per heavy atom. The Hall–Kier alpha value is -5.40. The number of halogens is 3. The van der Waals surface area contributed by atoms with Crippen molar-refractivity contribution in [3.63, 3.8) is 0 Å². The molecule has 2 aromatic heterocycles. The maximum atomic E-state index is 13.6. The fourth-order valence-electron chi connectivity index (χ4n) is 4.82. The van der Waals surface area contributed by atoms with Crippen LogP contribution in [-0.2, 0) is 22.3 Å². The van der Waals surface area contributed by atoms with Gasteiger partial charge in [0, 0.05) is 24.0 Å². The van der Waals surface area contributed by atoms with Crippen molar-refractivity contribution in [2.24, 2.45) is 0 Å². The number of methoxy groups -OCH3 is 1. The number of nitrogens with zero attached hydrogens (tertiary/aromatic N) is 5. The third-order valence-electron chi connectivity index (χ3n) is 7.11. The number of rotatable bonds is 6. The highest BCUT2D eigenvalue weighted by Crippen LogP contribution is 2.33. The van der Waals surface area contributed by atoms with Crippen molar-refractivity contribution in [1.29, 1.82) is 0 Å². The lowest BCUT2D eigenvalue weighted by atomic mass is 10.1. The maximum absolute atomic E-state index is 13.6. The average Bonchev–Trinajstić information content (AvgIpc) is 3.40. The minimum atomic E-state index is -4.59. The average molecular weight is 606 g/mol. The Bertz CT molecular complexity index is 1830. The monoisotopic (exact) mass is 605 g/mol. The van der Waals surface area contributed by atoms with Crippen LogP contribution < -0.4 is 15.4 Å². The van der Waals surface area contributed by atoms with Gasteiger partial charge < -0.3 is 25.0 Å². The summed E-state index contributed by atoms with van der Waals surface area (Å²) in [6.45, 7) is 0.412. The predicted octanol–water partition coefficient (Wildman–Crippen LogP) is 4.52. The molecule has 0 aliphatic carbocycles. The van der Waals surface area contributed by atoms with E-state index in [0.717, 1.165) is 17.7 Å². The third-order valence-corrected chi connectivity index (χ3v) is 7.11. The summed E-state index contributed by atoms with van der Waals surface area (Å²) >= 11 is 0. The second-order valence-electron chi connectivity index (χ2n) is 10.0. The van der Waals surface area contributed by atoms with Gasteiger partial charge in [-0.25, -0.2) is 14.8 Å².